The monoisotopic (exact) mass is 133 g/mol. The fraction of sp³-hybridized carbons (Fsp3) is 0.833. The summed E-state index contributed by atoms with van der Waals surface area (Å²) in [6.07, 6.45) is 1.25. The summed E-state index contributed by atoms with van der Waals surface area (Å²) >= 11 is 0. The van der Waals surface area contributed by atoms with Gasteiger partial charge < -0.3 is 10.4 Å². The molecule has 0 saturated carbocycles. The molecule has 9 heavy (non-hydrogen) atoms. The number of hydrogen-bond acceptors (Lipinski definition) is 2. The normalized spacial score (nSPS) is 7.44. The number of rotatable bonds is 2. The van der Waals surface area contributed by atoms with E-state index in [0.29, 0.717) is 0 Å². The number of nitrogens with one attached hydrogen (secondary N) is 1. The van der Waals surface area contributed by atoms with Gasteiger partial charge in [0.05, 0.1) is 6.54 Å². The predicted octanol–water partition coefficient (Wildman–Crippen LogP) is 0.707. The van der Waals surface area contributed by atoms with E-state index in [1.807, 2.05) is 0 Å². The van der Waals surface area contributed by atoms with E-state index < -0.39 is 5.97 Å². The van der Waals surface area contributed by atoms with E-state index in [-0.39, 0.29) is 6.54 Å². The molecule has 56 valence electrons. The number of hydrogen-bond donors (Lipinski definition) is 2. The molecule has 0 aromatic rings. The minimum absolute atomic E-state index is 0.0417. The van der Waals surface area contributed by atoms with Crippen LogP contribution in [0.25, 0.3) is 0 Å². The Morgan fingerprint density at radius 3 is 1.89 bits per heavy atom. The highest BCUT2D eigenvalue weighted by molar-refractivity contribution is 5.68. The Bertz CT molecular complexity index is 64.1. The molecular formula is C6H15NO2. The fourth-order valence-electron chi connectivity index (χ4n) is 0.151. The largest absolute Gasteiger partial charge is 0.480 e. The zero-order valence-electron chi connectivity index (χ0n) is 6.27. The average molecular weight is 133 g/mol. The number of likely N-dealkylation sites (N-methyl/N-ethyl adjacent to an activating group) is 1. The van der Waals surface area contributed by atoms with Crippen LogP contribution >= 0.6 is 0 Å². The Morgan fingerprint density at radius 1 is 1.56 bits per heavy atom. The van der Waals surface area contributed by atoms with E-state index >= 15 is 0 Å². The second-order valence-electron chi connectivity index (χ2n) is 1.63. The first-order chi connectivity index (χ1) is 4.18. The third-order valence-corrected chi connectivity index (χ3v) is 0.328. The molecule has 0 bridgehead atoms. The molecule has 0 aliphatic carbocycles. The van der Waals surface area contributed by atoms with Crippen LogP contribution in [-0.2, 0) is 4.79 Å². The average Bonchev–Trinajstić information content (AvgIpc) is 1.67. The minimum Gasteiger partial charge on any atom is -0.480 e. The maximum absolute atomic E-state index is 9.54. The van der Waals surface area contributed by atoms with Crippen LogP contribution in [0.5, 0.6) is 0 Å². The molecule has 0 spiro atoms. The van der Waals surface area contributed by atoms with Gasteiger partial charge in [-0.15, -0.1) is 0 Å². The minimum atomic E-state index is -0.822. The molecule has 0 atom stereocenters. The summed E-state index contributed by atoms with van der Waals surface area (Å²) in [6, 6.07) is 0. The summed E-state index contributed by atoms with van der Waals surface area (Å²) in [5.74, 6) is -0.822. The van der Waals surface area contributed by atoms with Crippen LogP contribution in [0.4, 0.5) is 0 Å². The first kappa shape index (κ1) is 11.3. The Labute approximate surface area is 56.1 Å². The van der Waals surface area contributed by atoms with E-state index in [1.54, 1.807) is 7.05 Å². The topological polar surface area (TPSA) is 49.3 Å². The van der Waals surface area contributed by atoms with E-state index in [4.69, 9.17) is 5.11 Å². The van der Waals surface area contributed by atoms with Crippen LogP contribution in [0.3, 0.4) is 0 Å². The van der Waals surface area contributed by atoms with Gasteiger partial charge in [0.25, 0.3) is 0 Å². The van der Waals surface area contributed by atoms with Crippen LogP contribution in [0.15, 0.2) is 0 Å². The van der Waals surface area contributed by atoms with Crippen molar-refractivity contribution in [2.45, 2.75) is 20.3 Å². The van der Waals surface area contributed by atoms with Crippen molar-refractivity contribution in [1.82, 2.24) is 5.32 Å². The molecule has 0 saturated heterocycles. The number of carboxylic acid groups (broad SMARTS) is 1. The van der Waals surface area contributed by atoms with E-state index in [9.17, 15) is 4.79 Å². The van der Waals surface area contributed by atoms with Crippen molar-refractivity contribution in [3.63, 3.8) is 0 Å². The predicted molar refractivity (Wildman–Crippen MR) is 37.5 cm³/mol. The van der Waals surface area contributed by atoms with Crippen molar-refractivity contribution >= 4 is 5.97 Å². The van der Waals surface area contributed by atoms with Crippen LogP contribution in [-0.4, -0.2) is 24.7 Å². The third-order valence-electron chi connectivity index (χ3n) is 0.328. The molecule has 0 aromatic heterocycles. The molecule has 0 aliphatic heterocycles. The van der Waals surface area contributed by atoms with Gasteiger partial charge in [-0.1, -0.05) is 20.3 Å². The summed E-state index contributed by atoms with van der Waals surface area (Å²) in [4.78, 5) is 9.54. The number of aliphatic carboxylic acids is 1. The van der Waals surface area contributed by atoms with Gasteiger partial charge in [0.2, 0.25) is 0 Å². The highest BCUT2D eigenvalue weighted by atomic mass is 16.4. The molecule has 0 aliphatic rings. The van der Waals surface area contributed by atoms with Crippen molar-refractivity contribution in [1.29, 1.82) is 0 Å². The van der Waals surface area contributed by atoms with E-state index in [0.717, 1.165) is 0 Å². The van der Waals surface area contributed by atoms with Gasteiger partial charge in [0, 0.05) is 0 Å². The standard InChI is InChI=1S/C3H7NO2.C3H8/c1-4-2-3(5)6;1-3-2/h4H,2H2,1H3,(H,5,6);3H2,1-2H3. The fourth-order valence-corrected chi connectivity index (χ4v) is 0.151. The van der Waals surface area contributed by atoms with E-state index in [2.05, 4.69) is 19.2 Å². The third kappa shape index (κ3) is 37.1. The molecule has 0 amide bonds. The van der Waals surface area contributed by atoms with Crippen LogP contribution < -0.4 is 5.32 Å². The van der Waals surface area contributed by atoms with Crippen molar-refractivity contribution in [3.05, 3.63) is 0 Å². The van der Waals surface area contributed by atoms with Crippen LogP contribution in [0.1, 0.15) is 20.3 Å². The quantitative estimate of drug-likeness (QED) is 0.583. The maximum atomic E-state index is 9.54. The second-order valence-corrected chi connectivity index (χ2v) is 1.63. The van der Waals surface area contributed by atoms with Crippen molar-refractivity contribution in [2.75, 3.05) is 13.6 Å². The summed E-state index contributed by atoms with van der Waals surface area (Å²) in [7, 11) is 1.59. The molecule has 0 radical (unpaired) electrons. The SMILES string of the molecule is CCC.CNCC(=O)O. The number of carboxylic acids is 1. The zero-order chi connectivity index (χ0) is 7.70. The molecule has 0 heterocycles. The highest BCUT2D eigenvalue weighted by Crippen LogP contribution is 1.56. The van der Waals surface area contributed by atoms with Crippen molar-refractivity contribution < 1.29 is 9.90 Å². The van der Waals surface area contributed by atoms with Gasteiger partial charge in [0.1, 0.15) is 0 Å². The summed E-state index contributed by atoms with van der Waals surface area (Å²) in [5.41, 5.74) is 0. The van der Waals surface area contributed by atoms with Gasteiger partial charge in [-0.05, 0) is 7.05 Å². The second kappa shape index (κ2) is 10.4. The molecule has 3 nitrogen and oxygen atoms in total. The van der Waals surface area contributed by atoms with Gasteiger partial charge in [-0.3, -0.25) is 4.79 Å². The first-order valence-corrected chi connectivity index (χ1v) is 3.05. The number of carbonyl (C=O) groups is 1. The zero-order valence-corrected chi connectivity index (χ0v) is 6.27. The molecule has 0 rings (SSSR count). The van der Waals surface area contributed by atoms with Crippen molar-refractivity contribution in [3.8, 4) is 0 Å². The molecule has 0 fully saturated rings. The molecule has 0 unspecified atom stereocenters. The lowest BCUT2D eigenvalue weighted by atomic mass is 10.6. The van der Waals surface area contributed by atoms with Gasteiger partial charge in [-0.25, -0.2) is 0 Å². The van der Waals surface area contributed by atoms with E-state index in [1.165, 1.54) is 6.42 Å². The van der Waals surface area contributed by atoms with Gasteiger partial charge >= 0.3 is 5.97 Å². The molecule has 2 N–H and O–H groups in total. The van der Waals surface area contributed by atoms with Crippen LogP contribution in [0, 0.1) is 0 Å². The lowest BCUT2D eigenvalue weighted by molar-refractivity contribution is -0.135. The molecule has 3 heteroatoms. The first-order valence-electron chi connectivity index (χ1n) is 3.05. The van der Waals surface area contributed by atoms with Crippen molar-refractivity contribution in [2.24, 2.45) is 0 Å². The lowest BCUT2D eigenvalue weighted by Gasteiger charge is -1.84. The lowest BCUT2D eigenvalue weighted by Crippen LogP contribution is -2.16. The Balaban J connectivity index is 0. The summed E-state index contributed by atoms with van der Waals surface area (Å²) in [5, 5.41) is 10.3. The smallest absolute Gasteiger partial charge is 0.317 e. The molecular weight excluding hydrogens is 118 g/mol. The highest BCUT2D eigenvalue weighted by Gasteiger charge is 1.86. The Kier molecular flexibility index (Phi) is 13.0. The summed E-state index contributed by atoms with van der Waals surface area (Å²) < 4.78 is 0. The van der Waals surface area contributed by atoms with Crippen LogP contribution in [0.2, 0.25) is 0 Å². The Morgan fingerprint density at radius 2 is 1.89 bits per heavy atom. The molecule has 0 aromatic carbocycles. The van der Waals surface area contributed by atoms with Gasteiger partial charge in [-0.2, -0.15) is 0 Å². The maximum Gasteiger partial charge on any atom is 0.317 e. The summed E-state index contributed by atoms with van der Waals surface area (Å²) in [6.45, 7) is 4.29. The van der Waals surface area contributed by atoms with Gasteiger partial charge in [0.15, 0.2) is 0 Å². The Hall–Kier alpha value is -0.570.